The van der Waals surface area contributed by atoms with Crippen LogP contribution in [0.3, 0.4) is 0 Å². The molecule has 0 fully saturated rings. The Kier molecular flexibility index (Phi) is 12.3. The van der Waals surface area contributed by atoms with Crippen molar-refractivity contribution in [3.63, 3.8) is 0 Å². The van der Waals surface area contributed by atoms with Crippen molar-refractivity contribution >= 4 is 43.6 Å². The van der Waals surface area contributed by atoms with E-state index >= 15 is 13.2 Å². The summed E-state index contributed by atoms with van der Waals surface area (Å²) in [5, 5.41) is 2.50. The number of aromatic nitrogens is 5. The largest absolute Gasteiger partial charge is 0.417 e. The molecule has 0 unspecified atom stereocenters. The Morgan fingerprint density at radius 2 is 0.720 bits per heavy atom. The van der Waals surface area contributed by atoms with E-state index in [9.17, 15) is 26.3 Å². The average Bonchev–Trinajstić information content (AvgIpc) is 4.20. The zero-order valence-electron chi connectivity index (χ0n) is 43.4. The van der Waals surface area contributed by atoms with Gasteiger partial charge in [-0.1, -0.05) is 140 Å². The number of halogens is 9. The Hall–Kier alpha value is -9.82. The fourth-order valence-electron chi connectivity index (χ4n) is 11.4. The molecule has 13 rings (SSSR count). The Bertz CT molecular complexity index is 4610. The highest BCUT2D eigenvalue weighted by atomic mass is 19.4. The van der Waals surface area contributed by atoms with Crippen LogP contribution in [0.2, 0.25) is 0 Å². The van der Waals surface area contributed by atoms with Gasteiger partial charge in [0.15, 0.2) is 17.5 Å². The van der Waals surface area contributed by atoms with E-state index in [4.69, 9.17) is 15.0 Å². The SMILES string of the molecule is Cc1cc(-c2ccc3c(c2)c2ccccc2n3-c2cccc(-c3nc(-c4ccccc4)nc(-c4ccccc4)n3)c2-c2c(-n3c4ccccc4c4cc(-c5cc(C)cc(C(F)(F)F)c5)ccc43)cccc2C(F)(F)F)cc(C(F)(F)F)c1. The van der Waals surface area contributed by atoms with Gasteiger partial charge in [0.05, 0.1) is 50.1 Å². The van der Waals surface area contributed by atoms with Crippen LogP contribution >= 0.6 is 0 Å². The first-order valence-electron chi connectivity index (χ1n) is 26.0. The summed E-state index contributed by atoms with van der Waals surface area (Å²) in [4.78, 5) is 15.1. The molecular weight excluding hydrogens is 1060 g/mol. The lowest BCUT2D eigenvalue weighted by atomic mass is 9.90. The van der Waals surface area contributed by atoms with E-state index in [-0.39, 0.29) is 45.5 Å². The van der Waals surface area contributed by atoms with Crippen LogP contribution in [-0.4, -0.2) is 24.1 Å². The van der Waals surface area contributed by atoms with Crippen LogP contribution in [0.4, 0.5) is 39.5 Å². The maximum absolute atomic E-state index is 16.6. The molecule has 0 aliphatic carbocycles. The predicted molar refractivity (Wildman–Crippen MR) is 306 cm³/mol. The highest BCUT2D eigenvalue weighted by molar-refractivity contribution is 6.13. The van der Waals surface area contributed by atoms with Gasteiger partial charge in [0.25, 0.3) is 0 Å². The molecule has 14 heteroatoms. The molecule has 0 spiro atoms. The molecule has 402 valence electrons. The van der Waals surface area contributed by atoms with Gasteiger partial charge in [-0.05, 0) is 126 Å². The van der Waals surface area contributed by atoms with Crippen molar-refractivity contribution in [3.05, 3.63) is 246 Å². The van der Waals surface area contributed by atoms with Gasteiger partial charge in [-0.2, -0.15) is 39.5 Å². The molecule has 0 saturated heterocycles. The Labute approximate surface area is 462 Å². The molecule has 3 aromatic heterocycles. The standard InChI is InChI=1S/C68H42F9N5/c1-39-31-45(35-47(33-39)66(69,70)71)43-27-29-57-52(37-43)49-19-9-11-23-55(49)81(57)59-25-13-21-51(65-79-63(41-15-5-3-6-16-41)78-64(80-65)42-17-7-4-8-18-42)61(59)62-54(68(75,76)77)22-14-26-60(62)82-56-24-12-10-20-50(56)53-38-44(28-30-58(53)82)46-32-40(2)34-48(36-46)67(72,73)74/h3-38H,1-2H3. The third kappa shape index (κ3) is 9.09. The monoisotopic (exact) mass is 1100 g/mol. The summed E-state index contributed by atoms with van der Waals surface area (Å²) in [6, 6.07) is 60.2. The number of alkyl halides is 9. The van der Waals surface area contributed by atoms with Crippen molar-refractivity contribution in [2.24, 2.45) is 0 Å². The second kappa shape index (κ2) is 19.5. The molecule has 0 aliphatic heterocycles. The van der Waals surface area contributed by atoms with Crippen molar-refractivity contribution in [1.29, 1.82) is 0 Å². The van der Waals surface area contributed by atoms with Crippen LogP contribution in [0.5, 0.6) is 0 Å². The zero-order valence-corrected chi connectivity index (χ0v) is 43.4. The molecule has 0 aliphatic rings. The molecule has 10 aromatic carbocycles. The summed E-state index contributed by atoms with van der Waals surface area (Å²) in [5.74, 6) is 0.570. The molecule has 0 amide bonds. The number of fused-ring (bicyclic) bond motifs is 6. The van der Waals surface area contributed by atoms with Gasteiger partial charge in [0.1, 0.15) is 0 Å². The van der Waals surface area contributed by atoms with Crippen molar-refractivity contribution in [2.75, 3.05) is 0 Å². The lowest BCUT2D eigenvalue weighted by Crippen LogP contribution is -2.12. The summed E-state index contributed by atoms with van der Waals surface area (Å²) in [6.45, 7) is 3.19. The Morgan fingerprint density at radius 1 is 0.305 bits per heavy atom. The van der Waals surface area contributed by atoms with E-state index in [2.05, 4.69) is 0 Å². The van der Waals surface area contributed by atoms with Crippen LogP contribution in [0, 0.1) is 13.8 Å². The average molecular weight is 1100 g/mol. The summed E-state index contributed by atoms with van der Waals surface area (Å²) in [7, 11) is 0. The topological polar surface area (TPSA) is 48.5 Å². The highest BCUT2D eigenvalue weighted by Gasteiger charge is 2.38. The lowest BCUT2D eigenvalue weighted by molar-refractivity contribution is -0.138. The van der Waals surface area contributed by atoms with Crippen LogP contribution in [0.15, 0.2) is 218 Å². The third-order valence-electron chi connectivity index (χ3n) is 14.9. The molecular formula is C68H42F9N5. The molecule has 3 heterocycles. The number of para-hydroxylation sites is 2. The molecule has 13 aromatic rings. The fourth-order valence-corrected chi connectivity index (χ4v) is 11.4. The van der Waals surface area contributed by atoms with Crippen molar-refractivity contribution in [1.82, 2.24) is 24.1 Å². The summed E-state index contributed by atoms with van der Waals surface area (Å²) in [6.07, 6.45) is -14.2. The number of rotatable bonds is 8. The molecule has 0 bridgehead atoms. The second-order valence-electron chi connectivity index (χ2n) is 20.3. The van der Waals surface area contributed by atoms with E-state index in [1.807, 2.05) is 95.6 Å². The summed E-state index contributed by atoms with van der Waals surface area (Å²) in [5.41, 5.74) is 3.60. The van der Waals surface area contributed by atoms with Crippen LogP contribution < -0.4 is 0 Å². The van der Waals surface area contributed by atoms with Crippen molar-refractivity contribution < 1.29 is 39.5 Å². The number of benzene rings is 10. The van der Waals surface area contributed by atoms with Crippen LogP contribution in [0.1, 0.15) is 27.8 Å². The van der Waals surface area contributed by atoms with E-state index in [1.54, 1.807) is 109 Å². The van der Waals surface area contributed by atoms with Gasteiger partial charge >= 0.3 is 18.5 Å². The molecule has 0 radical (unpaired) electrons. The fraction of sp³-hybridized carbons (Fsp3) is 0.0735. The van der Waals surface area contributed by atoms with Crippen molar-refractivity contribution in [2.45, 2.75) is 32.4 Å². The Balaban J connectivity index is 1.15. The first-order chi connectivity index (χ1) is 39.4. The minimum atomic E-state index is -4.99. The predicted octanol–water partition coefficient (Wildman–Crippen LogP) is 19.7. The van der Waals surface area contributed by atoms with E-state index in [0.29, 0.717) is 88.1 Å². The first kappa shape index (κ1) is 51.6. The van der Waals surface area contributed by atoms with Crippen LogP contribution in [-0.2, 0) is 18.5 Å². The number of hydrogen-bond acceptors (Lipinski definition) is 3. The second-order valence-corrected chi connectivity index (χ2v) is 20.3. The van der Waals surface area contributed by atoms with Crippen molar-refractivity contribution in [3.8, 4) is 78.9 Å². The van der Waals surface area contributed by atoms with E-state index in [0.717, 1.165) is 30.3 Å². The number of hydrogen-bond donors (Lipinski definition) is 0. The van der Waals surface area contributed by atoms with Gasteiger partial charge in [-0.25, -0.2) is 15.0 Å². The van der Waals surface area contributed by atoms with Gasteiger partial charge in [0.2, 0.25) is 0 Å². The number of aryl methyl sites for hydroxylation is 2. The quantitative estimate of drug-likeness (QED) is 0.143. The first-order valence-corrected chi connectivity index (χ1v) is 26.0. The zero-order chi connectivity index (χ0) is 56.8. The normalized spacial score (nSPS) is 12.3. The highest BCUT2D eigenvalue weighted by Crippen LogP contribution is 2.50. The number of nitrogens with zero attached hydrogens (tertiary/aromatic N) is 5. The third-order valence-corrected chi connectivity index (χ3v) is 14.9. The minimum absolute atomic E-state index is 0.0544. The summed E-state index contributed by atoms with van der Waals surface area (Å²) >= 11 is 0. The maximum atomic E-state index is 16.6. The Morgan fingerprint density at radius 3 is 1.18 bits per heavy atom. The van der Waals surface area contributed by atoms with E-state index in [1.165, 1.54) is 6.07 Å². The smallest absolute Gasteiger partial charge is 0.309 e. The maximum Gasteiger partial charge on any atom is 0.417 e. The van der Waals surface area contributed by atoms with Gasteiger partial charge in [-0.15, -0.1) is 0 Å². The summed E-state index contributed by atoms with van der Waals surface area (Å²) < 4.78 is 139. The van der Waals surface area contributed by atoms with Gasteiger partial charge < -0.3 is 9.13 Å². The molecule has 82 heavy (non-hydrogen) atoms. The van der Waals surface area contributed by atoms with Gasteiger partial charge in [-0.3, -0.25) is 0 Å². The van der Waals surface area contributed by atoms with E-state index < -0.39 is 35.2 Å². The lowest BCUT2D eigenvalue weighted by Gasteiger charge is -2.24. The molecule has 0 N–H and O–H groups in total. The molecule has 0 atom stereocenters. The molecule has 0 saturated carbocycles. The minimum Gasteiger partial charge on any atom is -0.309 e. The van der Waals surface area contributed by atoms with Crippen LogP contribution in [0.25, 0.3) is 123 Å². The van der Waals surface area contributed by atoms with Gasteiger partial charge in [0, 0.05) is 49.4 Å². The molecule has 5 nitrogen and oxygen atoms in total.